The second kappa shape index (κ2) is 4.50. The van der Waals surface area contributed by atoms with Gasteiger partial charge in [0.15, 0.2) is 0 Å². The van der Waals surface area contributed by atoms with E-state index in [1.54, 1.807) is 11.3 Å². The minimum Gasteiger partial charge on any atom is -0.350 e. The molecule has 1 fully saturated rings. The highest BCUT2D eigenvalue weighted by atomic mass is 32.1. The molecule has 90 valence electrons. The molecular formula is C13H16N2OS. The zero-order valence-corrected chi connectivity index (χ0v) is 10.9. The van der Waals surface area contributed by atoms with E-state index in [0.717, 1.165) is 4.88 Å². The Kier molecular flexibility index (Phi) is 3.21. The minimum absolute atomic E-state index is 0.107. The van der Waals surface area contributed by atoms with Crippen molar-refractivity contribution in [1.29, 1.82) is 5.26 Å². The fourth-order valence-corrected chi connectivity index (χ4v) is 3.20. The Morgan fingerprint density at radius 2 is 2.35 bits per heavy atom. The van der Waals surface area contributed by atoms with Crippen molar-refractivity contribution in [3.05, 3.63) is 21.9 Å². The number of hydrogen-bond donors (Lipinski definition) is 1. The molecule has 1 aromatic heterocycles. The average Bonchev–Trinajstić information content (AvgIpc) is 2.67. The molecule has 2 rings (SSSR count). The van der Waals surface area contributed by atoms with E-state index in [1.807, 2.05) is 19.1 Å². The number of carbonyl (C=O) groups is 1. The molecule has 4 heteroatoms. The summed E-state index contributed by atoms with van der Waals surface area (Å²) in [5, 5.41) is 12.0. The predicted molar refractivity (Wildman–Crippen MR) is 67.3 cm³/mol. The lowest BCUT2D eigenvalue weighted by Crippen LogP contribution is -2.47. The monoisotopic (exact) mass is 248 g/mol. The van der Waals surface area contributed by atoms with Gasteiger partial charge in [0, 0.05) is 9.75 Å². The van der Waals surface area contributed by atoms with Gasteiger partial charge in [-0.25, -0.2) is 0 Å². The molecule has 0 saturated heterocycles. The Hall–Kier alpha value is -1.34. The first-order valence-corrected chi connectivity index (χ1v) is 6.62. The zero-order valence-electron chi connectivity index (χ0n) is 10.1. The van der Waals surface area contributed by atoms with E-state index in [-0.39, 0.29) is 5.91 Å². The van der Waals surface area contributed by atoms with Crippen LogP contribution in [0.3, 0.4) is 0 Å². The highest BCUT2D eigenvalue weighted by molar-refractivity contribution is 7.11. The Morgan fingerprint density at radius 3 is 2.82 bits per heavy atom. The molecule has 1 amide bonds. The van der Waals surface area contributed by atoms with Gasteiger partial charge in [0.1, 0.15) is 5.41 Å². The lowest BCUT2D eigenvalue weighted by atomic mass is 9.63. The maximum absolute atomic E-state index is 12.0. The highest BCUT2D eigenvalue weighted by Crippen LogP contribution is 2.45. The van der Waals surface area contributed by atoms with Crippen molar-refractivity contribution >= 4 is 17.2 Å². The SMILES string of the molecule is Cc1ccc(CNC(=O)C2(C#N)CC(C)C2)s1. The number of thiophene rings is 1. The van der Waals surface area contributed by atoms with Crippen LogP contribution in [0.1, 0.15) is 29.5 Å². The maximum atomic E-state index is 12.0. The first kappa shape index (κ1) is 12.1. The third-order valence-corrected chi connectivity index (χ3v) is 4.26. The molecule has 0 spiro atoms. The molecule has 0 bridgehead atoms. The molecule has 0 aliphatic heterocycles. The van der Waals surface area contributed by atoms with Crippen LogP contribution in [-0.2, 0) is 11.3 Å². The number of rotatable bonds is 3. The van der Waals surface area contributed by atoms with Crippen LogP contribution in [0.4, 0.5) is 0 Å². The van der Waals surface area contributed by atoms with E-state index >= 15 is 0 Å². The van der Waals surface area contributed by atoms with E-state index in [0.29, 0.717) is 25.3 Å². The van der Waals surface area contributed by atoms with Gasteiger partial charge in [-0.15, -0.1) is 11.3 Å². The fraction of sp³-hybridized carbons (Fsp3) is 0.538. The van der Waals surface area contributed by atoms with Crippen molar-refractivity contribution < 1.29 is 4.79 Å². The van der Waals surface area contributed by atoms with Crippen LogP contribution >= 0.6 is 11.3 Å². The zero-order chi connectivity index (χ0) is 12.5. The molecule has 0 atom stereocenters. The minimum atomic E-state index is -0.758. The molecule has 3 nitrogen and oxygen atoms in total. The molecule has 1 heterocycles. The summed E-state index contributed by atoms with van der Waals surface area (Å²) < 4.78 is 0. The Morgan fingerprint density at radius 1 is 1.65 bits per heavy atom. The standard InChI is InChI=1S/C13H16N2OS/c1-9-5-13(6-9,8-14)12(16)15-7-11-4-3-10(2)17-11/h3-4,9H,5-7H2,1-2H3,(H,15,16). The molecule has 1 aliphatic rings. The van der Waals surface area contributed by atoms with Crippen molar-refractivity contribution in [2.45, 2.75) is 33.2 Å². The second-order valence-electron chi connectivity index (χ2n) is 4.90. The first-order chi connectivity index (χ1) is 8.05. The molecule has 1 saturated carbocycles. The van der Waals surface area contributed by atoms with Crippen molar-refractivity contribution in [3.63, 3.8) is 0 Å². The van der Waals surface area contributed by atoms with Gasteiger partial charge in [-0.2, -0.15) is 5.26 Å². The largest absolute Gasteiger partial charge is 0.350 e. The Labute approximate surface area is 105 Å². The summed E-state index contributed by atoms with van der Waals surface area (Å²) in [4.78, 5) is 14.3. The number of aryl methyl sites for hydroxylation is 1. The van der Waals surface area contributed by atoms with Crippen molar-refractivity contribution in [1.82, 2.24) is 5.32 Å². The van der Waals surface area contributed by atoms with Gasteiger partial charge >= 0.3 is 0 Å². The lowest BCUT2D eigenvalue weighted by Gasteiger charge is -2.39. The molecule has 1 N–H and O–H groups in total. The maximum Gasteiger partial charge on any atom is 0.240 e. The van der Waals surface area contributed by atoms with Gasteiger partial charge in [0.2, 0.25) is 5.91 Å². The van der Waals surface area contributed by atoms with Crippen LogP contribution in [0, 0.1) is 29.6 Å². The number of hydrogen-bond acceptors (Lipinski definition) is 3. The van der Waals surface area contributed by atoms with Crippen molar-refractivity contribution in [3.8, 4) is 6.07 Å². The summed E-state index contributed by atoms with van der Waals surface area (Å²) in [7, 11) is 0. The van der Waals surface area contributed by atoms with E-state index in [9.17, 15) is 4.79 Å². The van der Waals surface area contributed by atoms with E-state index in [1.165, 1.54) is 4.88 Å². The van der Waals surface area contributed by atoms with Gasteiger partial charge in [-0.3, -0.25) is 4.79 Å². The summed E-state index contributed by atoms with van der Waals surface area (Å²) in [6, 6.07) is 6.23. The van der Waals surface area contributed by atoms with Crippen LogP contribution in [0.2, 0.25) is 0 Å². The van der Waals surface area contributed by atoms with Crippen molar-refractivity contribution in [2.24, 2.45) is 11.3 Å². The van der Waals surface area contributed by atoms with Gasteiger partial charge < -0.3 is 5.32 Å². The average molecular weight is 248 g/mol. The fourth-order valence-electron chi connectivity index (χ4n) is 2.37. The molecule has 0 radical (unpaired) electrons. The first-order valence-electron chi connectivity index (χ1n) is 5.80. The Balaban J connectivity index is 1.92. The van der Waals surface area contributed by atoms with Gasteiger partial charge in [0.05, 0.1) is 12.6 Å². The van der Waals surface area contributed by atoms with Gasteiger partial charge in [0.25, 0.3) is 0 Å². The van der Waals surface area contributed by atoms with Crippen molar-refractivity contribution in [2.75, 3.05) is 0 Å². The molecule has 1 aromatic rings. The number of nitrogens with zero attached hydrogens (tertiary/aromatic N) is 1. The van der Waals surface area contributed by atoms with Gasteiger partial charge in [-0.1, -0.05) is 6.92 Å². The summed E-state index contributed by atoms with van der Waals surface area (Å²) in [5.74, 6) is 0.383. The molecule has 17 heavy (non-hydrogen) atoms. The quantitative estimate of drug-likeness (QED) is 0.894. The topological polar surface area (TPSA) is 52.9 Å². The molecule has 1 aliphatic carbocycles. The number of carbonyl (C=O) groups excluding carboxylic acids is 1. The summed E-state index contributed by atoms with van der Waals surface area (Å²) in [6.07, 6.45) is 1.39. The normalized spacial score (nSPS) is 27.0. The number of nitriles is 1. The molecular weight excluding hydrogens is 232 g/mol. The third-order valence-electron chi connectivity index (χ3n) is 3.26. The van der Waals surface area contributed by atoms with E-state index < -0.39 is 5.41 Å². The Bertz CT molecular complexity index is 466. The van der Waals surface area contributed by atoms with Crippen LogP contribution in [0.5, 0.6) is 0 Å². The van der Waals surface area contributed by atoms with Gasteiger partial charge in [-0.05, 0) is 37.8 Å². The van der Waals surface area contributed by atoms with Crippen LogP contribution < -0.4 is 5.32 Å². The smallest absolute Gasteiger partial charge is 0.240 e. The lowest BCUT2D eigenvalue weighted by molar-refractivity contribution is -0.134. The third kappa shape index (κ3) is 2.34. The summed E-state index contributed by atoms with van der Waals surface area (Å²) in [6.45, 7) is 4.65. The number of nitrogens with one attached hydrogen (secondary N) is 1. The van der Waals surface area contributed by atoms with Crippen LogP contribution in [-0.4, -0.2) is 5.91 Å². The van der Waals surface area contributed by atoms with Crippen LogP contribution in [0.25, 0.3) is 0 Å². The summed E-state index contributed by atoms with van der Waals surface area (Å²) >= 11 is 1.68. The van der Waals surface area contributed by atoms with E-state index in [2.05, 4.69) is 18.3 Å². The predicted octanol–water partition coefficient (Wildman–Crippen LogP) is 2.61. The van der Waals surface area contributed by atoms with E-state index in [4.69, 9.17) is 5.26 Å². The molecule has 0 unspecified atom stereocenters. The summed E-state index contributed by atoms with van der Waals surface area (Å²) in [5.41, 5.74) is -0.758. The second-order valence-corrected chi connectivity index (χ2v) is 6.27. The van der Waals surface area contributed by atoms with Crippen LogP contribution in [0.15, 0.2) is 12.1 Å². The highest BCUT2D eigenvalue weighted by Gasteiger charge is 2.48. The number of amides is 1. The molecule has 0 aromatic carbocycles.